The van der Waals surface area contributed by atoms with Gasteiger partial charge in [-0.3, -0.25) is 24.4 Å². The van der Waals surface area contributed by atoms with Crippen molar-refractivity contribution in [3.8, 4) is 22.5 Å². The van der Waals surface area contributed by atoms with Crippen LogP contribution in [0.2, 0.25) is 0 Å². The number of rotatable bonds is 10. The Hall–Kier alpha value is -4.90. The Bertz CT molecular complexity index is 2280. The van der Waals surface area contributed by atoms with Gasteiger partial charge in [0.1, 0.15) is 18.1 Å². The normalized spacial score (nSPS) is 20.7. The molecule has 3 aliphatic rings. The molecule has 3 aliphatic heterocycles. The minimum absolute atomic E-state index is 0.106. The molecule has 16 heteroatoms. The summed E-state index contributed by atoms with van der Waals surface area (Å²) in [5, 5.41) is 8.18. The number of amides is 4. The van der Waals surface area contributed by atoms with Gasteiger partial charge in [0.25, 0.3) is 5.91 Å². The highest BCUT2D eigenvalue weighted by Gasteiger charge is 2.40. The average molecular weight is 871 g/mol. The zero-order valence-electron chi connectivity index (χ0n) is 37.5. The molecular formula is C46H62N8O7S. The first kappa shape index (κ1) is 45.1. The number of hydrogen-bond acceptors (Lipinski definition) is 11. The Morgan fingerprint density at radius 1 is 1.15 bits per heavy atom. The number of methoxy groups -OCH3 is 2. The van der Waals surface area contributed by atoms with Gasteiger partial charge < -0.3 is 33.9 Å². The molecule has 0 aliphatic carbocycles. The summed E-state index contributed by atoms with van der Waals surface area (Å²) in [6.45, 7) is 15.0. The van der Waals surface area contributed by atoms with Crippen LogP contribution in [0.4, 0.5) is 4.79 Å². The molecule has 0 radical (unpaired) electrons. The van der Waals surface area contributed by atoms with E-state index >= 15 is 0 Å². The molecule has 7 rings (SSSR count). The minimum Gasteiger partial charge on any atom is -0.464 e. The number of nitrogens with zero attached hydrogens (tertiary/aromatic N) is 6. The number of aromatic nitrogens is 3. The van der Waals surface area contributed by atoms with Gasteiger partial charge in [0.05, 0.1) is 41.4 Å². The number of urea groups is 1. The minimum atomic E-state index is -1.04. The standard InChI is InChI=1S/C46H62N8O7S/c1-10-53-37-16-15-30-19-32(37)33(41(53)31-13-11-17-47-39(31)28(4)60-9)21-46(5,6)26-61-44(57)34-14-12-18-54(50-34)43(56)35(20-38-48-36(30)25-62-38)49-42(55)40(27(2)3)51(7)45(58)52-22-29(23-52)24-59-8/h11,13,15-17,19,25,27-29,34-35,40,50H,10,12,14,18,20-24,26H2,1-9H3,(H,49,55)/t28-,34-,35-,40?/m0/s1. The molecule has 1 unspecified atom stereocenters. The van der Waals surface area contributed by atoms with Gasteiger partial charge in [0.2, 0.25) is 5.91 Å². The molecular weight excluding hydrogens is 809 g/mol. The van der Waals surface area contributed by atoms with Crippen molar-refractivity contribution in [1.29, 1.82) is 0 Å². The van der Waals surface area contributed by atoms with Crippen LogP contribution in [0.3, 0.4) is 0 Å². The van der Waals surface area contributed by atoms with Crippen LogP contribution < -0.4 is 10.7 Å². The smallest absolute Gasteiger partial charge is 0.324 e. The summed E-state index contributed by atoms with van der Waals surface area (Å²) in [7, 11) is 4.96. The number of benzene rings is 1. The average Bonchev–Trinajstić information content (AvgIpc) is 3.84. The quantitative estimate of drug-likeness (QED) is 0.185. The number of likely N-dealkylation sites (N-methyl/N-ethyl adjacent to an activating group) is 1. The first-order chi connectivity index (χ1) is 29.6. The fourth-order valence-electron chi connectivity index (χ4n) is 9.16. The van der Waals surface area contributed by atoms with Crippen LogP contribution >= 0.6 is 11.3 Å². The lowest BCUT2D eigenvalue weighted by molar-refractivity contribution is -0.155. The van der Waals surface area contributed by atoms with Crippen LogP contribution in [-0.4, -0.2) is 125 Å². The van der Waals surface area contributed by atoms with Crippen molar-refractivity contribution in [3.63, 3.8) is 0 Å². The maximum absolute atomic E-state index is 14.5. The number of carbonyl (C=O) groups excluding carboxylic acids is 4. The third kappa shape index (κ3) is 9.24. The molecule has 0 saturated carbocycles. The molecule has 4 atom stereocenters. The van der Waals surface area contributed by atoms with Gasteiger partial charge in [-0.1, -0.05) is 33.8 Å². The van der Waals surface area contributed by atoms with E-state index in [1.165, 1.54) is 21.2 Å². The van der Waals surface area contributed by atoms with Crippen LogP contribution in [0, 0.1) is 17.3 Å². The maximum atomic E-state index is 14.5. The lowest BCUT2D eigenvalue weighted by Crippen LogP contribution is -2.63. The van der Waals surface area contributed by atoms with Gasteiger partial charge in [-0.15, -0.1) is 11.3 Å². The van der Waals surface area contributed by atoms with E-state index in [-0.39, 0.29) is 37.0 Å². The maximum Gasteiger partial charge on any atom is 0.324 e. The summed E-state index contributed by atoms with van der Waals surface area (Å²) < 4.78 is 19.5. The predicted molar refractivity (Wildman–Crippen MR) is 238 cm³/mol. The van der Waals surface area contributed by atoms with Crippen LogP contribution in [0.15, 0.2) is 41.9 Å². The molecule has 334 valence electrons. The lowest BCUT2D eigenvalue weighted by Gasteiger charge is -2.43. The molecule has 2 fully saturated rings. The highest BCUT2D eigenvalue weighted by Crippen LogP contribution is 2.42. The third-order valence-corrected chi connectivity index (χ3v) is 13.3. The molecule has 2 saturated heterocycles. The predicted octanol–water partition coefficient (Wildman–Crippen LogP) is 5.86. The number of cyclic esters (lactones) is 1. The summed E-state index contributed by atoms with van der Waals surface area (Å²) in [5.74, 6) is -1.28. The van der Waals surface area contributed by atoms with Gasteiger partial charge in [0.15, 0.2) is 0 Å². The molecule has 6 heterocycles. The van der Waals surface area contributed by atoms with Crippen molar-refractivity contribution in [2.75, 3.05) is 54.1 Å². The number of carbonyl (C=O) groups is 4. The molecule has 6 bridgehead atoms. The second-order valence-corrected chi connectivity index (χ2v) is 19.0. The van der Waals surface area contributed by atoms with Crippen molar-refractivity contribution in [2.45, 2.75) is 98.0 Å². The topological polar surface area (TPSA) is 160 Å². The van der Waals surface area contributed by atoms with Crippen molar-refractivity contribution in [2.24, 2.45) is 17.3 Å². The van der Waals surface area contributed by atoms with E-state index in [0.717, 1.165) is 44.7 Å². The highest BCUT2D eigenvalue weighted by atomic mass is 32.1. The van der Waals surface area contributed by atoms with Gasteiger partial charge in [-0.2, -0.15) is 0 Å². The van der Waals surface area contributed by atoms with E-state index < -0.39 is 41.3 Å². The van der Waals surface area contributed by atoms with E-state index in [1.54, 1.807) is 32.4 Å². The summed E-state index contributed by atoms with van der Waals surface area (Å²) >= 11 is 1.42. The van der Waals surface area contributed by atoms with E-state index in [4.69, 9.17) is 24.2 Å². The van der Waals surface area contributed by atoms with Crippen molar-refractivity contribution >= 4 is 46.1 Å². The highest BCUT2D eigenvalue weighted by molar-refractivity contribution is 7.10. The van der Waals surface area contributed by atoms with Crippen molar-refractivity contribution in [1.82, 2.24) is 40.1 Å². The van der Waals surface area contributed by atoms with Gasteiger partial charge in [-0.05, 0) is 68.9 Å². The molecule has 4 aromatic rings. The fourth-order valence-corrected chi connectivity index (χ4v) is 10.0. The van der Waals surface area contributed by atoms with Crippen molar-refractivity contribution in [3.05, 3.63) is 58.2 Å². The summed E-state index contributed by atoms with van der Waals surface area (Å²) in [4.78, 5) is 69.3. The Balaban J connectivity index is 1.27. The zero-order chi connectivity index (χ0) is 44.5. The Morgan fingerprint density at radius 2 is 1.92 bits per heavy atom. The SMILES string of the molecule is CCn1c(-c2cccnc2[C@H](C)OC)c2c3cc(ccc31)-c1csc(n1)C[C@H](NC(=O)C(C(C)C)N(C)C(=O)N1CC(COC)C1)C(=O)N1CCC[C@H](N1)C(=O)OCC(C)(C)C2. The largest absolute Gasteiger partial charge is 0.464 e. The second kappa shape index (κ2) is 18.8. The zero-order valence-corrected chi connectivity index (χ0v) is 38.3. The number of hydrogen-bond donors (Lipinski definition) is 2. The van der Waals surface area contributed by atoms with Gasteiger partial charge >= 0.3 is 12.0 Å². The number of hydrazine groups is 1. The summed E-state index contributed by atoms with van der Waals surface area (Å²) in [5.41, 5.74) is 9.37. The van der Waals surface area contributed by atoms with Gasteiger partial charge in [0, 0.05) is 98.8 Å². The lowest BCUT2D eigenvalue weighted by atomic mass is 9.84. The number of nitrogens with one attached hydrogen (secondary N) is 2. The van der Waals surface area contributed by atoms with Crippen LogP contribution in [0.25, 0.3) is 33.4 Å². The van der Waals surface area contributed by atoms with Gasteiger partial charge in [-0.25, -0.2) is 15.2 Å². The monoisotopic (exact) mass is 870 g/mol. The number of pyridine rings is 1. The molecule has 15 nitrogen and oxygen atoms in total. The fraction of sp³-hybridized carbons (Fsp3) is 0.565. The number of fused-ring (bicyclic) bond motifs is 6. The summed E-state index contributed by atoms with van der Waals surface area (Å²) in [6, 6.07) is 7.54. The number of aryl methyl sites for hydroxylation is 1. The second-order valence-electron chi connectivity index (χ2n) is 18.1. The van der Waals surface area contributed by atoms with Crippen LogP contribution in [0.1, 0.15) is 76.8 Å². The molecule has 4 amide bonds. The first-order valence-electron chi connectivity index (χ1n) is 21.8. The molecule has 3 aromatic heterocycles. The number of ether oxygens (including phenoxy) is 3. The Morgan fingerprint density at radius 3 is 2.63 bits per heavy atom. The Labute approximate surface area is 368 Å². The third-order valence-electron chi connectivity index (χ3n) is 12.4. The van der Waals surface area contributed by atoms with E-state index in [2.05, 4.69) is 60.3 Å². The Kier molecular flexibility index (Phi) is 13.7. The first-order valence-corrected chi connectivity index (χ1v) is 22.7. The van der Waals surface area contributed by atoms with E-state index in [9.17, 15) is 19.2 Å². The number of esters is 1. The van der Waals surface area contributed by atoms with E-state index in [1.807, 2.05) is 32.2 Å². The molecule has 0 spiro atoms. The van der Waals surface area contributed by atoms with E-state index in [0.29, 0.717) is 57.1 Å². The molecule has 2 N–H and O–H groups in total. The van der Waals surface area contributed by atoms with Crippen LogP contribution in [0.5, 0.6) is 0 Å². The molecule has 62 heavy (non-hydrogen) atoms. The summed E-state index contributed by atoms with van der Waals surface area (Å²) in [6.07, 6.45) is 3.29. The number of likely N-dealkylation sites (tertiary alicyclic amines) is 1. The van der Waals surface area contributed by atoms with Crippen molar-refractivity contribution < 1.29 is 33.4 Å². The van der Waals surface area contributed by atoms with Crippen LogP contribution in [-0.2, 0) is 48.0 Å². The molecule has 1 aromatic carbocycles. The number of thiazole rings is 1.